The molecule has 0 unspecified atom stereocenters. The van der Waals surface area contributed by atoms with E-state index < -0.39 is 0 Å². The van der Waals surface area contributed by atoms with E-state index in [9.17, 15) is 0 Å². The van der Waals surface area contributed by atoms with Crippen LogP contribution < -0.4 is 15.2 Å². The molecule has 0 radical (unpaired) electrons. The van der Waals surface area contributed by atoms with Crippen LogP contribution in [0.3, 0.4) is 0 Å². The normalized spacial score (nSPS) is 10.1. The monoisotopic (exact) mass is 252 g/mol. The standard InChI is InChI=1S/C13H20N2O3/c1-16-5-3-4-6-18-12-8-10(13(14)15)7-11(9-12)17-2/h7-9H,3-6H2,1-2H3,(H3,14,15). The summed E-state index contributed by atoms with van der Waals surface area (Å²) >= 11 is 0. The van der Waals surface area contributed by atoms with Crippen molar-refractivity contribution < 1.29 is 14.2 Å². The Kier molecular flexibility index (Phi) is 6.00. The second kappa shape index (κ2) is 7.55. The van der Waals surface area contributed by atoms with Gasteiger partial charge in [0.05, 0.1) is 13.7 Å². The summed E-state index contributed by atoms with van der Waals surface area (Å²) in [5, 5.41) is 7.42. The van der Waals surface area contributed by atoms with Gasteiger partial charge in [-0.1, -0.05) is 0 Å². The molecule has 100 valence electrons. The number of hydrogen-bond acceptors (Lipinski definition) is 4. The Bertz CT molecular complexity index is 394. The topological polar surface area (TPSA) is 77.6 Å². The first-order chi connectivity index (χ1) is 8.67. The molecule has 0 fully saturated rings. The Labute approximate surface area is 107 Å². The van der Waals surface area contributed by atoms with Crippen molar-refractivity contribution >= 4 is 5.84 Å². The van der Waals surface area contributed by atoms with Gasteiger partial charge in [-0.25, -0.2) is 0 Å². The summed E-state index contributed by atoms with van der Waals surface area (Å²) < 4.78 is 15.7. The Morgan fingerprint density at radius 1 is 1.11 bits per heavy atom. The van der Waals surface area contributed by atoms with Gasteiger partial charge in [0.1, 0.15) is 17.3 Å². The fourth-order valence-electron chi connectivity index (χ4n) is 1.47. The number of benzene rings is 1. The molecule has 0 amide bonds. The number of nitrogens with one attached hydrogen (secondary N) is 1. The van der Waals surface area contributed by atoms with Crippen molar-refractivity contribution in [1.29, 1.82) is 5.41 Å². The van der Waals surface area contributed by atoms with Crippen molar-refractivity contribution in [3.05, 3.63) is 23.8 Å². The highest BCUT2D eigenvalue weighted by Crippen LogP contribution is 2.22. The lowest BCUT2D eigenvalue weighted by Gasteiger charge is -2.10. The molecule has 0 atom stereocenters. The van der Waals surface area contributed by atoms with Crippen LogP contribution in [0.5, 0.6) is 11.5 Å². The maximum absolute atomic E-state index is 7.42. The molecule has 0 saturated carbocycles. The molecule has 1 rings (SSSR count). The number of ether oxygens (including phenoxy) is 3. The number of unbranched alkanes of at least 4 members (excludes halogenated alkanes) is 1. The van der Waals surface area contributed by atoms with Gasteiger partial charge in [0.15, 0.2) is 0 Å². The minimum atomic E-state index is -0.00173. The summed E-state index contributed by atoms with van der Waals surface area (Å²) in [6.45, 7) is 1.34. The SMILES string of the molecule is COCCCCOc1cc(OC)cc(C(=N)N)c1. The molecule has 0 aliphatic carbocycles. The van der Waals surface area contributed by atoms with Crippen LogP contribution >= 0.6 is 0 Å². The third kappa shape index (κ3) is 4.63. The molecule has 5 nitrogen and oxygen atoms in total. The lowest BCUT2D eigenvalue weighted by molar-refractivity contribution is 0.184. The molecule has 18 heavy (non-hydrogen) atoms. The van der Waals surface area contributed by atoms with Crippen LogP contribution in [0.25, 0.3) is 0 Å². The van der Waals surface area contributed by atoms with E-state index in [1.54, 1.807) is 32.4 Å². The summed E-state index contributed by atoms with van der Waals surface area (Å²) in [7, 11) is 3.25. The lowest BCUT2D eigenvalue weighted by atomic mass is 10.2. The molecule has 0 aromatic heterocycles. The van der Waals surface area contributed by atoms with Crippen LogP contribution in [0.1, 0.15) is 18.4 Å². The third-order valence-electron chi connectivity index (χ3n) is 2.44. The second-order valence-electron chi connectivity index (χ2n) is 3.86. The van der Waals surface area contributed by atoms with Gasteiger partial charge in [-0.15, -0.1) is 0 Å². The quantitative estimate of drug-likeness (QED) is 0.420. The average molecular weight is 252 g/mol. The van der Waals surface area contributed by atoms with E-state index in [-0.39, 0.29) is 5.84 Å². The van der Waals surface area contributed by atoms with Crippen molar-refractivity contribution in [2.45, 2.75) is 12.8 Å². The summed E-state index contributed by atoms with van der Waals surface area (Å²) in [4.78, 5) is 0. The molecule has 0 saturated heterocycles. The maximum Gasteiger partial charge on any atom is 0.123 e. The van der Waals surface area contributed by atoms with Crippen LogP contribution in [0, 0.1) is 5.41 Å². The summed E-state index contributed by atoms with van der Waals surface area (Å²) in [6, 6.07) is 5.23. The van der Waals surface area contributed by atoms with Gasteiger partial charge in [0.25, 0.3) is 0 Å². The number of nitrogen functional groups attached to an aromatic ring is 1. The van der Waals surface area contributed by atoms with Gasteiger partial charge in [0.2, 0.25) is 0 Å². The predicted octanol–water partition coefficient (Wildman–Crippen LogP) is 1.78. The van der Waals surface area contributed by atoms with E-state index in [1.807, 2.05) is 0 Å². The number of nitrogens with two attached hydrogens (primary N) is 1. The van der Waals surface area contributed by atoms with Crippen LogP contribution in [0.2, 0.25) is 0 Å². The Balaban J connectivity index is 2.58. The Morgan fingerprint density at radius 3 is 2.39 bits per heavy atom. The molecular formula is C13H20N2O3. The lowest BCUT2D eigenvalue weighted by Crippen LogP contribution is -2.11. The van der Waals surface area contributed by atoms with Gasteiger partial charge >= 0.3 is 0 Å². The smallest absolute Gasteiger partial charge is 0.123 e. The summed E-state index contributed by atoms with van der Waals surface area (Å²) in [5.41, 5.74) is 6.05. The summed E-state index contributed by atoms with van der Waals surface area (Å²) in [5.74, 6) is 1.30. The highest BCUT2D eigenvalue weighted by molar-refractivity contribution is 5.95. The fraction of sp³-hybridized carbons (Fsp3) is 0.462. The maximum atomic E-state index is 7.42. The van der Waals surface area contributed by atoms with Crippen LogP contribution in [-0.4, -0.2) is 33.3 Å². The minimum absolute atomic E-state index is 0.00173. The van der Waals surface area contributed by atoms with E-state index in [4.69, 9.17) is 25.4 Å². The van der Waals surface area contributed by atoms with Crippen molar-refractivity contribution in [1.82, 2.24) is 0 Å². The molecular weight excluding hydrogens is 232 g/mol. The first-order valence-electron chi connectivity index (χ1n) is 5.82. The van der Waals surface area contributed by atoms with Gasteiger partial charge < -0.3 is 19.9 Å². The van der Waals surface area contributed by atoms with E-state index in [0.29, 0.717) is 23.7 Å². The molecule has 5 heteroatoms. The summed E-state index contributed by atoms with van der Waals surface area (Å²) in [6.07, 6.45) is 1.88. The highest BCUT2D eigenvalue weighted by Gasteiger charge is 2.04. The van der Waals surface area contributed by atoms with Crippen molar-refractivity contribution in [2.75, 3.05) is 27.4 Å². The number of hydrogen-bond donors (Lipinski definition) is 2. The minimum Gasteiger partial charge on any atom is -0.497 e. The molecule has 0 heterocycles. The van der Waals surface area contributed by atoms with Gasteiger partial charge in [0, 0.05) is 25.3 Å². The van der Waals surface area contributed by atoms with Crippen LogP contribution in [-0.2, 0) is 4.74 Å². The van der Waals surface area contributed by atoms with Crippen LogP contribution in [0.15, 0.2) is 18.2 Å². The molecule has 3 N–H and O–H groups in total. The molecule has 0 aliphatic heterocycles. The molecule has 0 spiro atoms. The zero-order valence-corrected chi connectivity index (χ0v) is 10.9. The van der Waals surface area contributed by atoms with Crippen molar-refractivity contribution in [2.24, 2.45) is 5.73 Å². The van der Waals surface area contributed by atoms with E-state index in [1.165, 1.54) is 0 Å². The largest absolute Gasteiger partial charge is 0.497 e. The average Bonchev–Trinajstić information content (AvgIpc) is 2.38. The van der Waals surface area contributed by atoms with E-state index in [2.05, 4.69) is 0 Å². The third-order valence-corrected chi connectivity index (χ3v) is 2.44. The Hall–Kier alpha value is -1.75. The zero-order valence-electron chi connectivity index (χ0n) is 10.9. The number of amidine groups is 1. The predicted molar refractivity (Wildman–Crippen MR) is 70.6 cm³/mol. The molecule has 0 aliphatic rings. The fourth-order valence-corrected chi connectivity index (χ4v) is 1.47. The molecule has 1 aromatic carbocycles. The molecule has 0 bridgehead atoms. The van der Waals surface area contributed by atoms with E-state index in [0.717, 1.165) is 19.4 Å². The van der Waals surface area contributed by atoms with Gasteiger partial charge in [-0.2, -0.15) is 0 Å². The van der Waals surface area contributed by atoms with Crippen molar-refractivity contribution in [3.63, 3.8) is 0 Å². The number of rotatable bonds is 8. The first kappa shape index (κ1) is 14.3. The molecule has 1 aromatic rings. The second-order valence-corrected chi connectivity index (χ2v) is 3.86. The van der Waals surface area contributed by atoms with E-state index >= 15 is 0 Å². The highest BCUT2D eigenvalue weighted by atomic mass is 16.5. The number of methoxy groups -OCH3 is 2. The Morgan fingerprint density at radius 2 is 1.78 bits per heavy atom. The first-order valence-corrected chi connectivity index (χ1v) is 5.82. The van der Waals surface area contributed by atoms with Gasteiger partial charge in [-0.05, 0) is 25.0 Å². The van der Waals surface area contributed by atoms with Gasteiger partial charge in [-0.3, -0.25) is 5.41 Å². The zero-order chi connectivity index (χ0) is 13.4. The van der Waals surface area contributed by atoms with Crippen molar-refractivity contribution in [3.8, 4) is 11.5 Å². The van der Waals surface area contributed by atoms with Crippen LogP contribution in [0.4, 0.5) is 0 Å².